The van der Waals surface area contributed by atoms with Gasteiger partial charge in [0.2, 0.25) is 0 Å². The van der Waals surface area contributed by atoms with E-state index in [0.717, 1.165) is 13.1 Å². The zero-order chi connectivity index (χ0) is 15.4. The Morgan fingerprint density at radius 3 is 2.33 bits per heavy atom. The third kappa shape index (κ3) is 3.74. The Morgan fingerprint density at radius 1 is 1.14 bits per heavy atom. The molecule has 1 aromatic heterocycles. The fourth-order valence-corrected chi connectivity index (χ4v) is 2.73. The van der Waals surface area contributed by atoms with E-state index >= 15 is 0 Å². The molecular formula is C18H27N3. The molecule has 1 unspecified atom stereocenters. The first-order chi connectivity index (χ1) is 10.0. The van der Waals surface area contributed by atoms with Crippen molar-refractivity contribution in [3.63, 3.8) is 0 Å². The number of aryl methyl sites for hydroxylation is 1. The van der Waals surface area contributed by atoms with Gasteiger partial charge in [0.05, 0.1) is 0 Å². The van der Waals surface area contributed by atoms with Crippen LogP contribution < -0.4 is 5.32 Å². The molecule has 0 aliphatic heterocycles. The zero-order valence-corrected chi connectivity index (χ0v) is 13.9. The van der Waals surface area contributed by atoms with E-state index < -0.39 is 0 Å². The summed E-state index contributed by atoms with van der Waals surface area (Å²) in [4.78, 5) is 2.27. The van der Waals surface area contributed by atoms with Gasteiger partial charge in [-0.15, -0.1) is 0 Å². The molecule has 2 rings (SSSR count). The Kier molecular flexibility index (Phi) is 5.21. The summed E-state index contributed by atoms with van der Waals surface area (Å²) in [5, 5.41) is 3.61. The van der Waals surface area contributed by atoms with E-state index in [1.54, 1.807) is 0 Å². The van der Waals surface area contributed by atoms with Gasteiger partial charge in [0.15, 0.2) is 0 Å². The lowest BCUT2D eigenvalue weighted by molar-refractivity contribution is 0.288. The summed E-state index contributed by atoms with van der Waals surface area (Å²) in [7, 11) is 6.40. The maximum atomic E-state index is 3.61. The smallest absolute Gasteiger partial charge is 0.0466 e. The van der Waals surface area contributed by atoms with Crippen LogP contribution in [0.3, 0.4) is 0 Å². The minimum Gasteiger partial charge on any atom is -0.352 e. The maximum Gasteiger partial charge on any atom is 0.0466 e. The first kappa shape index (κ1) is 15.8. The van der Waals surface area contributed by atoms with Gasteiger partial charge in [-0.2, -0.15) is 0 Å². The fourth-order valence-electron chi connectivity index (χ4n) is 2.73. The van der Waals surface area contributed by atoms with Crippen LogP contribution in [0.2, 0.25) is 0 Å². The Bertz CT molecular complexity index is 570. The standard InChI is InChI=1S/C18H27N3/c1-14-11-17(15(2)21(14)5)12-19-13-18(20(3)4)16-9-7-6-8-10-16/h6-11,18-19H,12-13H2,1-5H3. The lowest BCUT2D eigenvalue weighted by Gasteiger charge is -2.25. The van der Waals surface area contributed by atoms with Crippen LogP contribution in [0.1, 0.15) is 28.6 Å². The highest BCUT2D eigenvalue weighted by Gasteiger charge is 2.13. The minimum absolute atomic E-state index is 0.399. The number of aromatic nitrogens is 1. The van der Waals surface area contributed by atoms with Gasteiger partial charge in [0.1, 0.15) is 0 Å². The molecule has 0 saturated carbocycles. The van der Waals surface area contributed by atoms with Crippen molar-refractivity contribution in [1.82, 2.24) is 14.8 Å². The van der Waals surface area contributed by atoms with E-state index in [4.69, 9.17) is 0 Å². The second kappa shape index (κ2) is 6.92. The largest absolute Gasteiger partial charge is 0.352 e. The third-order valence-electron chi connectivity index (χ3n) is 4.34. The molecule has 1 N–H and O–H groups in total. The van der Waals surface area contributed by atoms with E-state index in [1.807, 2.05) is 0 Å². The minimum atomic E-state index is 0.399. The van der Waals surface area contributed by atoms with Crippen LogP contribution in [0.4, 0.5) is 0 Å². The highest BCUT2D eigenvalue weighted by atomic mass is 15.1. The van der Waals surface area contributed by atoms with Crippen molar-refractivity contribution in [2.45, 2.75) is 26.4 Å². The second-order valence-electron chi connectivity index (χ2n) is 5.98. The first-order valence-electron chi connectivity index (χ1n) is 7.54. The number of rotatable bonds is 6. The zero-order valence-electron chi connectivity index (χ0n) is 13.9. The molecule has 0 aliphatic rings. The predicted molar refractivity (Wildman–Crippen MR) is 89.5 cm³/mol. The van der Waals surface area contributed by atoms with Crippen LogP contribution in [0.25, 0.3) is 0 Å². The molecule has 0 bridgehead atoms. The van der Waals surface area contributed by atoms with Gasteiger partial charge >= 0.3 is 0 Å². The van der Waals surface area contributed by atoms with Crippen molar-refractivity contribution in [1.29, 1.82) is 0 Å². The monoisotopic (exact) mass is 285 g/mol. The highest BCUT2D eigenvalue weighted by molar-refractivity contribution is 5.26. The quantitative estimate of drug-likeness (QED) is 0.880. The van der Waals surface area contributed by atoms with Gasteiger partial charge < -0.3 is 14.8 Å². The normalized spacial score (nSPS) is 12.9. The van der Waals surface area contributed by atoms with Gasteiger partial charge in [-0.25, -0.2) is 0 Å². The van der Waals surface area contributed by atoms with Gasteiger partial charge in [-0.3, -0.25) is 0 Å². The Hall–Kier alpha value is -1.58. The summed E-state index contributed by atoms with van der Waals surface area (Å²) in [6.07, 6.45) is 0. The summed E-state index contributed by atoms with van der Waals surface area (Å²) < 4.78 is 2.25. The predicted octanol–water partition coefficient (Wildman–Crippen LogP) is 3.03. The van der Waals surface area contributed by atoms with E-state index in [0.29, 0.717) is 6.04 Å². The summed E-state index contributed by atoms with van der Waals surface area (Å²) >= 11 is 0. The van der Waals surface area contributed by atoms with Crippen molar-refractivity contribution >= 4 is 0 Å². The Labute approximate surface area is 128 Å². The van der Waals surface area contributed by atoms with Crippen LogP contribution in [0, 0.1) is 13.8 Å². The molecule has 1 aromatic carbocycles. The molecule has 0 saturated heterocycles. The summed E-state index contributed by atoms with van der Waals surface area (Å²) in [6.45, 7) is 6.21. The number of benzene rings is 1. The molecule has 3 nitrogen and oxygen atoms in total. The van der Waals surface area contributed by atoms with Gasteiger partial charge in [0.25, 0.3) is 0 Å². The molecule has 2 aromatic rings. The van der Waals surface area contributed by atoms with Crippen molar-refractivity contribution < 1.29 is 0 Å². The van der Waals surface area contributed by atoms with Gasteiger partial charge in [0, 0.05) is 37.6 Å². The molecular weight excluding hydrogens is 258 g/mol. The number of hydrogen-bond acceptors (Lipinski definition) is 2. The molecule has 114 valence electrons. The molecule has 0 fully saturated rings. The van der Waals surface area contributed by atoms with E-state index in [9.17, 15) is 0 Å². The number of hydrogen-bond donors (Lipinski definition) is 1. The van der Waals surface area contributed by atoms with Crippen LogP contribution in [0.5, 0.6) is 0 Å². The Morgan fingerprint density at radius 2 is 1.81 bits per heavy atom. The maximum absolute atomic E-state index is 3.61. The van der Waals surface area contributed by atoms with Crippen LogP contribution in [-0.2, 0) is 13.6 Å². The molecule has 0 radical (unpaired) electrons. The number of nitrogens with one attached hydrogen (secondary N) is 1. The lowest BCUT2D eigenvalue weighted by atomic mass is 10.1. The molecule has 1 atom stereocenters. The first-order valence-corrected chi connectivity index (χ1v) is 7.54. The molecule has 0 aliphatic carbocycles. The topological polar surface area (TPSA) is 20.2 Å². The van der Waals surface area contributed by atoms with Crippen molar-refractivity contribution in [3.05, 3.63) is 58.9 Å². The van der Waals surface area contributed by atoms with E-state index in [2.05, 4.69) is 86.2 Å². The molecule has 21 heavy (non-hydrogen) atoms. The van der Waals surface area contributed by atoms with Crippen LogP contribution in [0.15, 0.2) is 36.4 Å². The van der Waals surface area contributed by atoms with Crippen molar-refractivity contribution in [2.24, 2.45) is 7.05 Å². The van der Waals surface area contributed by atoms with Crippen molar-refractivity contribution in [2.75, 3.05) is 20.6 Å². The SMILES string of the molecule is Cc1cc(CNCC(c2ccccc2)N(C)C)c(C)n1C. The third-order valence-corrected chi connectivity index (χ3v) is 4.34. The van der Waals surface area contributed by atoms with Crippen LogP contribution >= 0.6 is 0 Å². The van der Waals surface area contributed by atoms with Crippen molar-refractivity contribution in [3.8, 4) is 0 Å². The average molecular weight is 285 g/mol. The van der Waals surface area contributed by atoms with E-state index in [1.165, 1.54) is 22.5 Å². The average Bonchev–Trinajstić information content (AvgIpc) is 2.71. The fraction of sp³-hybridized carbons (Fsp3) is 0.444. The van der Waals surface area contributed by atoms with Gasteiger partial charge in [-0.1, -0.05) is 30.3 Å². The summed E-state index contributed by atoms with van der Waals surface area (Å²) in [5.74, 6) is 0. The molecule has 1 heterocycles. The number of nitrogens with zero attached hydrogens (tertiary/aromatic N) is 2. The van der Waals surface area contributed by atoms with E-state index in [-0.39, 0.29) is 0 Å². The Balaban J connectivity index is 1.98. The van der Waals surface area contributed by atoms with Crippen LogP contribution in [-0.4, -0.2) is 30.1 Å². The summed E-state index contributed by atoms with van der Waals surface area (Å²) in [5.41, 5.74) is 5.41. The summed E-state index contributed by atoms with van der Waals surface area (Å²) in [6, 6.07) is 13.4. The molecule has 0 amide bonds. The number of likely N-dealkylation sites (N-methyl/N-ethyl adjacent to an activating group) is 1. The lowest BCUT2D eigenvalue weighted by Crippen LogP contribution is -2.30. The molecule has 3 heteroatoms. The highest BCUT2D eigenvalue weighted by Crippen LogP contribution is 2.18. The van der Waals surface area contributed by atoms with Gasteiger partial charge in [-0.05, 0) is 45.1 Å². The second-order valence-corrected chi connectivity index (χ2v) is 5.98. The molecule has 0 spiro atoms.